The van der Waals surface area contributed by atoms with E-state index in [1.54, 1.807) is 19.5 Å². The quantitative estimate of drug-likeness (QED) is 0.687. The van der Waals surface area contributed by atoms with Crippen LogP contribution in [0.15, 0.2) is 41.2 Å². The summed E-state index contributed by atoms with van der Waals surface area (Å²) in [6.45, 7) is 4.89. The molecule has 27 heavy (non-hydrogen) atoms. The van der Waals surface area contributed by atoms with Gasteiger partial charge in [-0.05, 0) is 50.6 Å². The smallest absolute Gasteiger partial charge is 0.278 e. The molecule has 140 valence electrons. The fraction of sp³-hybridized carbons (Fsp3) is 0.400. The van der Waals surface area contributed by atoms with E-state index in [1.807, 2.05) is 19.1 Å². The van der Waals surface area contributed by atoms with E-state index in [4.69, 9.17) is 9.26 Å². The van der Waals surface area contributed by atoms with Crippen molar-refractivity contribution in [2.24, 2.45) is 0 Å². The first kappa shape index (κ1) is 17.6. The van der Waals surface area contributed by atoms with Crippen LogP contribution in [0.4, 0.5) is 0 Å². The topological polar surface area (TPSA) is 77.2 Å². The number of rotatable bonds is 5. The van der Waals surface area contributed by atoms with Gasteiger partial charge in [0.05, 0.1) is 19.0 Å². The number of nitrogens with zero attached hydrogens (tertiary/aromatic N) is 5. The van der Waals surface area contributed by atoms with Crippen LogP contribution < -0.4 is 4.74 Å². The zero-order valence-electron chi connectivity index (χ0n) is 15.6. The number of likely N-dealkylation sites (tertiary alicyclic amines) is 1. The van der Waals surface area contributed by atoms with Gasteiger partial charge in [-0.2, -0.15) is 4.98 Å². The molecule has 1 aliphatic rings. The van der Waals surface area contributed by atoms with E-state index in [2.05, 4.69) is 37.1 Å². The van der Waals surface area contributed by atoms with Crippen LogP contribution >= 0.6 is 0 Å². The van der Waals surface area contributed by atoms with Crippen molar-refractivity contribution in [3.63, 3.8) is 0 Å². The highest BCUT2D eigenvalue weighted by molar-refractivity contribution is 5.44. The molecule has 0 N–H and O–H groups in total. The Morgan fingerprint density at radius 1 is 1.11 bits per heavy atom. The Morgan fingerprint density at radius 2 is 1.89 bits per heavy atom. The number of hydrogen-bond donors (Lipinski definition) is 0. The highest BCUT2D eigenvalue weighted by atomic mass is 16.5. The fourth-order valence-electron chi connectivity index (χ4n) is 3.35. The molecule has 1 saturated heterocycles. The van der Waals surface area contributed by atoms with Crippen LogP contribution in [0.2, 0.25) is 0 Å². The lowest BCUT2D eigenvalue weighted by atomic mass is 9.96. The van der Waals surface area contributed by atoms with E-state index in [0.717, 1.165) is 49.7 Å². The van der Waals surface area contributed by atoms with Gasteiger partial charge in [0.2, 0.25) is 0 Å². The number of ether oxygens (including phenoxy) is 1. The zero-order chi connectivity index (χ0) is 18.6. The molecule has 7 nitrogen and oxygen atoms in total. The molecule has 3 heterocycles. The molecular weight excluding hydrogens is 342 g/mol. The van der Waals surface area contributed by atoms with Crippen molar-refractivity contribution in [3.05, 3.63) is 53.7 Å². The molecule has 2 aromatic heterocycles. The summed E-state index contributed by atoms with van der Waals surface area (Å²) in [5.41, 5.74) is 2.79. The van der Waals surface area contributed by atoms with Gasteiger partial charge in [-0.25, -0.2) is 4.98 Å². The van der Waals surface area contributed by atoms with E-state index in [0.29, 0.717) is 17.5 Å². The van der Waals surface area contributed by atoms with Crippen molar-refractivity contribution < 1.29 is 9.26 Å². The largest absolute Gasteiger partial charge is 0.497 e. The number of aryl methyl sites for hydroxylation is 1. The maximum absolute atomic E-state index is 5.40. The summed E-state index contributed by atoms with van der Waals surface area (Å²) in [5.74, 6) is 2.44. The van der Waals surface area contributed by atoms with Crippen LogP contribution in [0.25, 0.3) is 11.6 Å². The maximum Gasteiger partial charge on any atom is 0.278 e. The van der Waals surface area contributed by atoms with Crippen LogP contribution in [0.1, 0.15) is 35.8 Å². The second-order valence-corrected chi connectivity index (χ2v) is 6.90. The van der Waals surface area contributed by atoms with Gasteiger partial charge in [-0.1, -0.05) is 17.3 Å². The fourth-order valence-corrected chi connectivity index (χ4v) is 3.35. The summed E-state index contributed by atoms with van der Waals surface area (Å²) in [6.07, 6.45) is 5.42. The molecule has 1 aliphatic heterocycles. The molecule has 0 bridgehead atoms. The summed E-state index contributed by atoms with van der Waals surface area (Å²) in [6, 6.07) is 8.27. The molecule has 1 aromatic carbocycles. The summed E-state index contributed by atoms with van der Waals surface area (Å²) in [5, 5.41) is 4.18. The van der Waals surface area contributed by atoms with Crippen LogP contribution in [0.3, 0.4) is 0 Å². The molecule has 0 saturated carbocycles. The second kappa shape index (κ2) is 7.84. The Bertz CT molecular complexity index is 868. The molecule has 1 fully saturated rings. The molecule has 0 spiro atoms. The SMILES string of the molecule is COc1ccc(CN2CCC(c3noc(-c4cnc(C)cn4)n3)CC2)cc1. The summed E-state index contributed by atoms with van der Waals surface area (Å²) >= 11 is 0. The monoisotopic (exact) mass is 365 g/mol. The number of benzene rings is 1. The molecule has 7 heteroatoms. The molecular formula is C20H23N5O2. The van der Waals surface area contributed by atoms with E-state index in [1.165, 1.54) is 5.56 Å². The van der Waals surface area contributed by atoms with Crippen LogP contribution in [0.5, 0.6) is 5.75 Å². The highest BCUT2D eigenvalue weighted by Gasteiger charge is 2.25. The van der Waals surface area contributed by atoms with Gasteiger partial charge < -0.3 is 9.26 Å². The average molecular weight is 365 g/mol. The first-order valence-corrected chi connectivity index (χ1v) is 9.19. The summed E-state index contributed by atoms with van der Waals surface area (Å²) < 4.78 is 10.6. The molecule has 0 radical (unpaired) electrons. The van der Waals surface area contributed by atoms with E-state index >= 15 is 0 Å². The van der Waals surface area contributed by atoms with Gasteiger partial charge >= 0.3 is 0 Å². The Labute approximate surface area is 158 Å². The van der Waals surface area contributed by atoms with Crippen molar-refractivity contribution >= 4 is 0 Å². The zero-order valence-corrected chi connectivity index (χ0v) is 15.6. The standard InChI is InChI=1S/C20H23N5O2/c1-14-11-22-18(12-21-14)20-23-19(24-27-20)16-7-9-25(10-8-16)13-15-3-5-17(26-2)6-4-15/h3-6,11-12,16H,7-10,13H2,1-2H3. The summed E-state index contributed by atoms with van der Waals surface area (Å²) in [7, 11) is 1.69. The first-order chi connectivity index (χ1) is 13.2. The molecule has 0 aliphatic carbocycles. The van der Waals surface area contributed by atoms with Crippen molar-refractivity contribution in [3.8, 4) is 17.3 Å². The minimum Gasteiger partial charge on any atom is -0.497 e. The molecule has 0 amide bonds. The lowest BCUT2D eigenvalue weighted by molar-refractivity contribution is 0.200. The molecule has 3 aromatic rings. The lowest BCUT2D eigenvalue weighted by Crippen LogP contribution is -2.32. The van der Waals surface area contributed by atoms with Crippen molar-refractivity contribution in [2.75, 3.05) is 20.2 Å². The maximum atomic E-state index is 5.40. The summed E-state index contributed by atoms with van der Waals surface area (Å²) in [4.78, 5) is 15.5. The van der Waals surface area contributed by atoms with E-state index < -0.39 is 0 Å². The second-order valence-electron chi connectivity index (χ2n) is 6.90. The van der Waals surface area contributed by atoms with Crippen LogP contribution in [-0.4, -0.2) is 45.2 Å². The van der Waals surface area contributed by atoms with Gasteiger partial charge in [-0.3, -0.25) is 9.88 Å². The normalized spacial score (nSPS) is 15.8. The predicted molar refractivity (Wildman–Crippen MR) is 100 cm³/mol. The molecule has 0 unspecified atom stereocenters. The van der Waals surface area contributed by atoms with Crippen LogP contribution in [0, 0.1) is 6.92 Å². The van der Waals surface area contributed by atoms with Gasteiger partial charge in [0.15, 0.2) is 5.82 Å². The van der Waals surface area contributed by atoms with Gasteiger partial charge in [0, 0.05) is 18.7 Å². The number of piperidine rings is 1. The van der Waals surface area contributed by atoms with E-state index in [-0.39, 0.29) is 0 Å². The van der Waals surface area contributed by atoms with Gasteiger partial charge in [-0.15, -0.1) is 0 Å². The van der Waals surface area contributed by atoms with Crippen LogP contribution in [-0.2, 0) is 6.54 Å². The molecule has 4 rings (SSSR count). The Morgan fingerprint density at radius 3 is 2.56 bits per heavy atom. The van der Waals surface area contributed by atoms with Crippen molar-refractivity contribution in [1.82, 2.24) is 25.0 Å². The predicted octanol–water partition coefficient (Wildman–Crippen LogP) is 3.22. The molecule has 0 atom stereocenters. The first-order valence-electron chi connectivity index (χ1n) is 9.19. The van der Waals surface area contributed by atoms with Crippen molar-refractivity contribution in [2.45, 2.75) is 32.2 Å². The Balaban J connectivity index is 1.34. The van der Waals surface area contributed by atoms with Crippen molar-refractivity contribution in [1.29, 1.82) is 0 Å². The third-order valence-electron chi connectivity index (χ3n) is 4.96. The van der Waals surface area contributed by atoms with E-state index in [9.17, 15) is 0 Å². The minimum absolute atomic E-state index is 0.327. The highest BCUT2D eigenvalue weighted by Crippen LogP contribution is 2.28. The van der Waals surface area contributed by atoms with Gasteiger partial charge in [0.1, 0.15) is 11.4 Å². The number of aromatic nitrogens is 4. The lowest BCUT2D eigenvalue weighted by Gasteiger charge is -2.30. The third-order valence-corrected chi connectivity index (χ3v) is 4.96. The Kier molecular flexibility index (Phi) is 5.11. The number of hydrogen-bond acceptors (Lipinski definition) is 7. The van der Waals surface area contributed by atoms with Gasteiger partial charge in [0.25, 0.3) is 5.89 Å². The number of methoxy groups -OCH3 is 1. The minimum atomic E-state index is 0.327. The third kappa shape index (κ3) is 4.14. The average Bonchev–Trinajstić information content (AvgIpc) is 3.20. The Hall–Kier alpha value is -2.80.